The molecule has 0 bridgehead atoms. The molecule has 0 spiro atoms. The van der Waals surface area contributed by atoms with Crippen LogP contribution in [0.4, 0.5) is 11.6 Å². The number of nitrogens with one attached hydrogen (secondary N) is 3. The molecule has 19 heavy (non-hydrogen) atoms. The summed E-state index contributed by atoms with van der Waals surface area (Å²) < 4.78 is 0. The van der Waals surface area contributed by atoms with Gasteiger partial charge in [0.1, 0.15) is 5.82 Å². The SMILES string of the molecule is Nc1nc2nc(CNc3ccccc3)[nH]c2c(=O)[nH]1. The normalized spacial score (nSPS) is 10.7. The summed E-state index contributed by atoms with van der Waals surface area (Å²) in [5, 5.41) is 3.19. The maximum absolute atomic E-state index is 11.6. The molecule has 3 aromatic rings. The van der Waals surface area contributed by atoms with Crippen molar-refractivity contribution in [3.05, 3.63) is 46.5 Å². The summed E-state index contributed by atoms with van der Waals surface area (Å²) in [5.41, 5.74) is 6.78. The van der Waals surface area contributed by atoms with E-state index in [0.29, 0.717) is 23.5 Å². The van der Waals surface area contributed by atoms with Crippen molar-refractivity contribution in [2.24, 2.45) is 0 Å². The molecular formula is C12H12N6O. The fourth-order valence-corrected chi connectivity index (χ4v) is 1.80. The van der Waals surface area contributed by atoms with Crippen LogP contribution in [-0.4, -0.2) is 19.9 Å². The summed E-state index contributed by atoms with van der Waals surface area (Å²) in [6.45, 7) is 0.472. The lowest BCUT2D eigenvalue weighted by atomic mass is 10.3. The molecule has 0 aliphatic heterocycles. The maximum Gasteiger partial charge on any atom is 0.278 e. The van der Waals surface area contributed by atoms with Crippen LogP contribution in [0.3, 0.4) is 0 Å². The van der Waals surface area contributed by atoms with Gasteiger partial charge in [-0.15, -0.1) is 0 Å². The number of anilines is 2. The van der Waals surface area contributed by atoms with E-state index in [1.807, 2.05) is 30.3 Å². The minimum Gasteiger partial charge on any atom is -0.378 e. The summed E-state index contributed by atoms with van der Waals surface area (Å²) in [6, 6.07) is 9.72. The predicted octanol–water partition coefficient (Wildman–Crippen LogP) is 0.841. The van der Waals surface area contributed by atoms with Crippen LogP contribution in [0.25, 0.3) is 11.2 Å². The molecule has 7 heteroatoms. The van der Waals surface area contributed by atoms with E-state index in [2.05, 4.69) is 25.3 Å². The molecule has 1 aromatic carbocycles. The van der Waals surface area contributed by atoms with Crippen LogP contribution in [-0.2, 0) is 6.54 Å². The van der Waals surface area contributed by atoms with E-state index < -0.39 is 0 Å². The Morgan fingerprint density at radius 1 is 1.16 bits per heavy atom. The van der Waals surface area contributed by atoms with Gasteiger partial charge < -0.3 is 16.0 Å². The van der Waals surface area contributed by atoms with Crippen molar-refractivity contribution in [1.29, 1.82) is 0 Å². The lowest BCUT2D eigenvalue weighted by Crippen LogP contribution is -2.10. The van der Waals surface area contributed by atoms with Crippen LogP contribution >= 0.6 is 0 Å². The van der Waals surface area contributed by atoms with Crippen LogP contribution in [0, 0.1) is 0 Å². The zero-order valence-corrected chi connectivity index (χ0v) is 9.97. The van der Waals surface area contributed by atoms with Gasteiger partial charge in [0.25, 0.3) is 5.56 Å². The Hall–Kier alpha value is -2.83. The van der Waals surface area contributed by atoms with Crippen LogP contribution in [0.5, 0.6) is 0 Å². The number of hydrogen-bond acceptors (Lipinski definition) is 5. The van der Waals surface area contributed by atoms with Crippen molar-refractivity contribution in [2.75, 3.05) is 11.1 Å². The zero-order chi connectivity index (χ0) is 13.2. The highest BCUT2D eigenvalue weighted by molar-refractivity contribution is 5.70. The Kier molecular flexibility index (Phi) is 2.64. The van der Waals surface area contributed by atoms with Crippen LogP contribution < -0.4 is 16.6 Å². The van der Waals surface area contributed by atoms with E-state index in [1.165, 1.54) is 0 Å². The Morgan fingerprint density at radius 2 is 1.95 bits per heavy atom. The first kappa shape index (κ1) is 11.3. The standard InChI is InChI=1S/C12H12N6O/c13-12-17-10-9(11(19)18-12)15-8(16-10)6-14-7-4-2-1-3-5-7/h1-5,14H,6H2,(H4,13,15,16,17,18,19). The summed E-state index contributed by atoms with van der Waals surface area (Å²) in [4.78, 5) is 25.2. The number of fused-ring (bicyclic) bond motifs is 1. The molecule has 0 aliphatic rings. The first-order chi connectivity index (χ1) is 9.22. The lowest BCUT2D eigenvalue weighted by Gasteiger charge is -2.02. The molecular weight excluding hydrogens is 244 g/mol. The molecule has 0 amide bonds. The first-order valence-corrected chi connectivity index (χ1v) is 5.76. The van der Waals surface area contributed by atoms with E-state index in [-0.39, 0.29) is 11.5 Å². The third-order valence-electron chi connectivity index (χ3n) is 2.66. The molecule has 3 rings (SSSR count). The monoisotopic (exact) mass is 256 g/mol. The number of aromatic amines is 2. The number of rotatable bonds is 3. The largest absolute Gasteiger partial charge is 0.378 e. The van der Waals surface area contributed by atoms with Gasteiger partial charge in [0, 0.05) is 5.69 Å². The van der Waals surface area contributed by atoms with Crippen molar-refractivity contribution < 1.29 is 0 Å². The average molecular weight is 256 g/mol. The molecule has 0 saturated carbocycles. The molecule has 2 aromatic heterocycles. The number of para-hydroxylation sites is 1. The Bertz CT molecular complexity index is 761. The van der Waals surface area contributed by atoms with Gasteiger partial charge in [0.15, 0.2) is 11.2 Å². The second-order valence-corrected chi connectivity index (χ2v) is 4.05. The third-order valence-corrected chi connectivity index (χ3v) is 2.66. The Balaban J connectivity index is 1.86. The van der Waals surface area contributed by atoms with E-state index in [9.17, 15) is 4.79 Å². The molecule has 96 valence electrons. The average Bonchev–Trinajstić information content (AvgIpc) is 2.81. The van der Waals surface area contributed by atoms with Gasteiger partial charge in [-0.3, -0.25) is 9.78 Å². The van der Waals surface area contributed by atoms with Crippen LogP contribution in [0.1, 0.15) is 5.82 Å². The molecule has 0 aliphatic carbocycles. The zero-order valence-electron chi connectivity index (χ0n) is 9.97. The number of nitrogen functional groups attached to an aromatic ring is 1. The molecule has 0 radical (unpaired) electrons. The van der Waals surface area contributed by atoms with Gasteiger partial charge in [-0.2, -0.15) is 4.98 Å². The van der Waals surface area contributed by atoms with E-state index in [1.54, 1.807) is 0 Å². The number of benzene rings is 1. The second kappa shape index (κ2) is 4.45. The van der Waals surface area contributed by atoms with Gasteiger partial charge in [0.2, 0.25) is 5.95 Å². The van der Waals surface area contributed by atoms with Gasteiger partial charge in [-0.05, 0) is 12.1 Å². The van der Waals surface area contributed by atoms with E-state index >= 15 is 0 Å². The Morgan fingerprint density at radius 3 is 2.74 bits per heavy atom. The number of nitrogens with zero attached hydrogens (tertiary/aromatic N) is 2. The predicted molar refractivity (Wildman–Crippen MR) is 72.7 cm³/mol. The highest BCUT2D eigenvalue weighted by Crippen LogP contribution is 2.09. The molecule has 0 atom stereocenters. The van der Waals surface area contributed by atoms with E-state index in [0.717, 1.165) is 5.69 Å². The molecule has 7 nitrogen and oxygen atoms in total. The van der Waals surface area contributed by atoms with E-state index in [4.69, 9.17) is 5.73 Å². The van der Waals surface area contributed by atoms with Crippen molar-refractivity contribution >= 4 is 22.8 Å². The highest BCUT2D eigenvalue weighted by atomic mass is 16.1. The highest BCUT2D eigenvalue weighted by Gasteiger charge is 2.08. The molecule has 0 unspecified atom stereocenters. The van der Waals surface area contributed by atoms with Gasteiger partial charge >= 0.3 is 0 Å². The quantitative estimate of drug-likeness (QED) is 0.554. The number of aromatic nitrogens is 4. The summed E-state index contributed by atoms with van der Waals surface area (Å²) >= 11 is 0. The summed E-state index contributed by atoms with van der Waals surface area (Å²) in [5.74, 6) is 0.689. The summed E-state index contributed by atoms with van der Waals surface area (Å²) in [6.07, 6.45) is 0. The third kappa shape index (κ3) is 2.25. The molecule has 2 heterocycles. The minimum atomic E-state index is -0.319. The number of imidazole rings is 1. The van der Waals surface area contributed by atoms with Gasteiger partial charge in [-0.25, -0.2) is 4.98 Å². The van der Waals surface area contributed by atoms with Gasteiger partial charge in [-0.1, -0.05) is 18.2 Å². The first-order valence-electron chi connectivity index (χ1n) is 5.76. The smallest absolute Gasteiger partial charge is 0.278 e. The molecule has 0 saturated heterocycles. The number of hydrogen-bond donors (Lipinski definition) is 4. The molecule has 5 N–H and O–H groups in total. The van der Waals surface area contributed by atoms with Crippen LogP contribution in [0.2, 0.25) is 0 Å². The maximum atomic E-state index is 11.6. The minimum absolute atomic E-state index is 0.0616. The lowest BCUT2D eigenvalue weighted by molar-refractivity contribution is 1.01. The topological polar surface area (TPSA) is 112 Å². The second-order valence-electron chi connectivity index (χ2n) is 4.05. The van der Waals surface area contributed by atoms with Crippen molar-refractivity contribution in [3.63, 3.8) is 0 Å². The van der Waals surface area contributed by atoms with Crippen molar-refractivity contribution in [1.82, 2.24) is 19.9 Å². The van der Waals surface area contributed by atoms with Crippen molar-refractivity contribution in [2.45, 2.75) is 6.54 Å². The number of H-pyrrole nitrogens is 2. The number of nitrogens with two attached hydrogens (primary N) is 1. The Labute approximate surface area is 107 Å². The van der Waals surface area contributed by atoms with Crippen LogP contribution in [0.15, 0.2) is 35.1 Å². The molecule has 0 fully saturated rings. The summed E-state index contributed by atoms with van der Waals surface area (Å²) in [7, 11) is 0. The fourth-order valence-electron chi connectivity index (χ4n) is 1.80. The van der Waals surface area contributed by atoms with Gasteiger partial charge in [0.05, 0.1) is 6.54 Å². The van der Waals surface area contributed by atoms with Crippen molar-refractivity contribution in [3.8, 4) is 0 Å². The fraction of sp³-hybridized carbons (Fsp3) is 0.0833.